The van der Waals surface area contributed by atoms with E-state index in [0.29, 0.717) is 0 Å². The monoisotopic (exact) mass is 369 g/mol. The van der Waals surface area contributed by atoms with Crippen molar-refractivity contribution in [3.8, 4) is 0 Å². The van der Waals surface area contributed by atoms with Crippen molar-refractivity contribution < 1.29 is 0 Å². The predicted octanol–water partition coefficient (Wildman–Crippen LogP) is 4.03. The van der Waals surface area contributed by atoms with E-state index in [1.54, 1.807) is 0 Å². The summed E-state index contributed by atoms with van der Waals surface area (Å²) in [4.78, 5) is 10.7. The summed E-state index contributed by atoms with van der Waals surface area (Å²) in [5.41, 5.74) is 1.23. The third-order valence-corrected chi connectivity index (χ3v) is 3.61. The predicted molar refractivity (Wildman–Crippen MR) is 80.6 cm³/mol. The molecule has 0 aliphatic rings. The Morgan fingerprint density at radius 3 is 2.56 bits per heavy atom. The van der Waals surface area contributed by atoms with E-state index >= 15 is 0 Å². The largest absolute Gasteiger partial charge is 0.352 e. The zero-order chi connectivity index (χ0) is 13.0. The Balaban J connectivity index is 2.23. The molecule has 0 unspecified atom stereocenters. The van der Waals surface area contributed by atoms with E-state index in [0.717, 1.165) is 27.9 Å². The second-order valence-corrected chi connectivity index (χ2v) is 5.60. The standard InChI is InChI=1S/C13H13Br2N3/c1-2-18(9-10-3-5-16-6-4-10)13-12(15)7-11(14)8-17-13/h3-8H,2,9H2,1H3. The van der Waals surface area contributed by atoms with Gasteiger partial charge in [-0.15, -0.1) is 0 Å². The van der Waals surface area contributed by atoms with Crippen LogP contribution in [0, 0.1) is 0 Å². The maximum absolute atomic E-state index is 4.46. The Kier molecular flexibility index (Phi) is 4.72. The first-order valence-electron chi connectivity index (χ1n) is 5.65. The average molecular weight is 371 g/mol. The van der Waals surface area contributed by atoms with E-state index in [2.05, 4.69) is 53.7 Å². The van der Waals surface area contributed by atoms with Crippen LogP contribution < -0.4 is 4.90 Å². The first-order chi connectivity index (χ1) is 8.70. The summed E-state index contributed by atoms with van der Waals surface area (Å²) in [6.45, 7) is 3.85. The Morgan fingerprint density at radius 2 is 1.94 bits per heavy atom. The second kappa shape index (κ2) is 6.29. The van der Waals surface area contributed by atoms with Gasteiger partial charge in [-0.25, -0.2) is 4.98 Å². The van der Waals surface area contributed by atoms with Crippen molar-refractivity contribution in [2.24, 2.45) is 0 Å². The van der Waals surface area contributed by atoms with Gasteiger partial charge in [0.2, 0.25) is 0 Å². The van der Waals surface area contributed by atoms with Gasteiger partial charge in [0.25, 0.3) is 0 Å². The number of hydrogen-bond acceptors (Lipinski definition) is 3. The van der Waals surface area contributed by atoms with Crippen molar-refractivity contribution in [2.45, 2.75) is 13.5 Å². The van der Waals surface area contributed by atoms with E-state index in [-0.39, 0.29) is 0 Å². The summed E-state index contributed by atoms with van der Waals surface area (Å²) in [7, 11) is 0. The Labute approximate surface area is 124 Å². The van der Waals surface area contributed by atoms with E-state index in [9.17, 15) is 0 Å². The van der Waals surface area contributed by atoms with Crippen LogP contribution in [0.15, 0.2) is 45.7 Å². The lowest BCUT2D eigenvalue weighted by Crippen LogP contribution is -2.23. The van der Waals surface area contributed by atoms with E-state index in [4.69, 9.17) is 0 Å². The second-order valence-electron chi connectivity index (χ2n) is 3.83. The highest BCUT2D eigenvalue weighted by Gasteiger charge is 2.10. The minimum Gasteiger partial charge on any atom is -0.352 e. The molecule has 2 aromatic rings. The van der Waals surface area contributed by atoms with Crippen molar-refractivity contribution in [1.82, 2.24) is 9.97 Å². The highest BCUT2D eigenvalue weighted by atomic mass is 79.9. The maximum atomic E-state index is 4.46. The molecule has 0 aliphatic carbocycles. The first-order valence-corrected chi connectivity index (χ1v) is 7.24. The van der Waals surface area contributed by atoms with Crippen LogP contribution in [0.5, 0.6) is 0 Å². The molecule has 0 radical (unpaired) electrons. The lowest BCUT2D eigenvalue weighted by Gasteiger charge is -2.23. The fourth-order valence-corrected chi connectivity index (χ4v) is 2.92. The lowest BCUT2D eigenvalue weighted by molar-refractivity contribution is 0.809. The summed E-state index contributed by atoms with van der Waals surface area (Å²) in [6.07, 6.45) is 5.44. The number of nitrogens with zero attached hydrogens (tertiary/aromatic N) is 3. The van der Waals surface area contributed by atoms with Gasteiger partial charge < -0.3 is 4.90 Å². The van der Waals surface area contributed by atoms with Crippen LogP contribution in [0.2, 0.25) is 0 Å². The molecule has 0 atom stereocenters. The van der Waals surface area contributed by atoms with E-state index < -0.39 is 0 Å². The average Bonchev–Trinajstić information content (AvgIpc) is 2.38. The third kappa shape index (κ3) is 3.29. The van der Waals surface area contributed by atoms with Crippen molar-refractivity contribution in [1.29, 1.82) is 0 Å². The van der Waals surface area contributed by atoms with Crippen LogP contribution in [0.1, 0.15) is 12.5 Å². The summed E-state index contributed by atoms with van der Waals surface area (Å²) < 4.78 is 1.96. The Morgan fingerprint density at radius 1 is 1.22 bits per heavy atom. The summed E-state index contributed by atoms with van der Waals surface area (Å²) in [6, 6.07) is 6.06. The molecule has 0 aliphatic heterocycles. The van der Waals surface area contributed by atoms with Gasteiger partial charge in [-0.3, -0.25) is 4.98 Å². The molecule has 0 amide bonds. The third-order valence-electron chi connectivity index (χ3n) is 2.59. The highest BCUT2D eigenvalue weighted by Crippen LogP contribution is 2.27. The van der Waals surface area contributed by atoms with Gasteiger partial charge in [0.05, 0.1) is 4.47 Å². The number of rotatable bonds is 4. The van der Waals surface area contributed by atoms with Crippen molar-refractivity contribution >= 4 is 37.7 Å². The number of halogens is 2. The van der Waals surface area contributed by atoms with Crippen molar-refractivity contribution in [3.63, 3.8) is 0 Å². The van der Waals surface area contributed by atoms with Crippen LogP contribution in [0.4, 0.5) is 5.82 Å². The zero-order valence-corrected chi connectivity index (χ0v) is 13.1. The molecule has 0 aromatic carbocycles. The molecule has 2 aromatic heterocycles. The number of pyridine rings is 2. The topological polar surface area (TPSA) is 29.0 Å². The van der Waals surface area contributed by atoms with Crippen LogP contribution in [-0.4, -0.2) is 16.5 Å². The molecule has 0 fully saturated rings. The highest BCUT2D eigenvalue weighted by molar-refractivity contribution is 9.11. The van der Waals surface area contributed by atoms with Crippen LogP contribution in [-0.2, 0) is 6.54 Å². The molecule has 0 spiro atoms. The van der Waals surface area contributed by atoms with Crippen LogP contribution in [0.25, 0.3) is 0 Å². The van der Waals surface area contributed by atoms with Crippen LogP contribution >= 0.6 is 31.9 Å². The maximum Gasteiger partial charge on any atom is 0.143 e. The van der Waals surface area contributed by atoms with Gasteiger partial charge >= 0.3 is 0 Å². The van der Waals surface area contributed by atoms with Gasteiger partial charge in [-0.2, -0.15) is 0 Å². The Hall–Kier alpha value is -0.940. The molecular formula is C13H13Br2N3. The Bertz CT molecular complexity index is 517. The van der Waals surface area contributed by atoms with Gasteiger partial charge in [0, 0.05) is 36.2 Å². The number of hydrogen-bond donors (Lipinski definition) is 0. The molecule has 18 heavy (non-hydrogen) atoms. The zero-order valence-electron chi connectivity index (χ0n) is 9.98. The van der Waals surface area contributed by atoms with Gasteiger partial charge in [-0.1, -0.05) is 0 Å². The molecule has 3 nitrogen and oxygen atoms in total. The van der Waals surface area contributed by atoms with Gasteiger partial charge in [-0.05, 0) is 62.5 Å². The van der Waals surface area contributed by atoms with Crippen molar-refractivity contribution in [3.05, 3.63) is 51.3 Å². The summed E-state index contributed by atoms with van der Waals surface area (Å²) in [5, 5.41) is 0. The first kappa shape index (κ1) is 13.5. The van der Waals surface area contributed by atoms with Crippen molar-refractivity contribution in [2.75, 3.05) is 11.4 Å². The van der Waals surface area contributed by atoms with Crippen LogP contribution in [0.3, 0.4) is 0 Å². The molecular weight excluding hydrogens is 358 g/mol. The minimum atomic E-state index is 0.826. The number of anilines is 1. The number of aromatic nitrogens is 2. The molecule has 94 valence electrons. The molecule has 2 heterocycles. The molecule has 0 saturated carbocycles. The minimum absolute atomic E-state index is 0.826. The molecule has 0 saturated heterocycles. The molecule has 0 bridgehead atoms. The molecule has 5 heteroatoms. The van der Waals surface area contributed by atoms with Gasteiger partial charge in [0.15, 0.2) is 0 Å². The lowest BCUT2D eigenvalue weighted by atomic mass is 10.2. The van der Waals surface area contributed by atoms with E-state index in [1.165, 1.54) is 5.56 Å². The fourth-order valence-electron chi connectivity index (χ4n) is 1.69. The summed E-state index contributed by atoms with van der Waals surface area (Å²) in [5.74, 6) is 0.956. The van der Waals surface area contributed by atoms with Gasteiger partial charge in [0.1, 0.15) is 5.82 Å². The molecule has 0 N–H and O–H groups in total. The quantitative estimate of drug-likeness (QED) is 0.813. The molecule has 2 rings (SSSR count). The SMILES string of the molecule is CCN(Cc1ccncc1)c1ncc(Br)cc1Br. The summed E-state index contributed by atoms with van der Waals surface area (Å²) >= 11 is 6.97. The normalized spacial score (nSPS) is 10.4. The van der Waals surface area contributed by atoms with E-state index in [1.807, 2.05) is 36.8 Å². The fraction of sp³-hybridized carbons (Fsp3) is 0.231. The smallest absolute Gasteiger partial charge is 0.143 e.